The number of non-ortho nitro benzene ring substituents is 2. The van der Waals surface area contributed by atoms with Crippen LogP contribution in [0.3, 0.4) is 0 Å². The van der Waals surface area contributed by atoms with Gasteiger partial charge in [0.2, 0.25) is 0 Å². The molecule has 0 bridgehead atoms. The molecule has 0 unspecified atom stereocenters. The standard InChI is InChI=1S/C35H46N2O6/c1-22(2)23(3)9-10-25(5)29-19-33-26(8-7-15-35(33,6)21-29)12-13-27-18-32(14-11-24(27)4)43-34(38)28-16-30(36(39)40)20-31(17-28)37(41)42/h9-10,12-13,16-17,20,22-23,25,29,32-33H,4,7-8,11,14-15,18-19,21H2,1-3,5-6H3/b10-9+,26-12-,27-13-/t23-,25+,29+,32+,33+,35+/m0/s1. The lowest BCUT2D eigenvalue weighted by atomic mass is 9.67. The number of esters is 1. The van der Waals surface area contributed by atoms with Gasteiger partial charge in [-0.2, -0.15) is 0 Å². The first-order valence-corrected chi connectivity index (χ1v) is 15.7. The summed E-state index contributed by atoms with van der Waals surface area (Å²) in [6.07, 6.45) is 16.6. The van der Waals surface area contributed by atoms with Crippen molar-refractivity contribution < 1.29 is 19.4 Å². The number of rotatable bonds is 9. The molecule has 0 saturated heterocycles. The number of fused-ring (bicyclic) bond motifs is 1. The first kappa shape index (κ1) is 32.4. The maximum atomic E-state index is 12.9. The average molecular weight is 591 g/mol. The van der Waals surface area contributed by atoms with Crippen molar-refractivity contribution in [3.05, 3.63) is 91.6 Å². The first-order valence-electron chi connectivity index (χ1n) is 15.7. The van der Waals surface area contributed by atoms with Crippen molar-refractivity contribution in [1.82, 2.24) is 0 Å². The van der Waals surface area contributed by atoms with Gasteiger partial charge in [0, 0.05) is 18.6 Å². The van der Waals surface area contributed by atoms with Gasteiger partial charge in [-0.1, -0.05) is 76.6 Å². The number of nitro groups is 2. The fourth-order valence-corrected chi connectivity index (χ4v) is 7.11. The van der Waals surface area contributed by atoms with Crippen molar-refractivity contribution in [1.29, 1.82) is 0 Å². The fourth-order valence-electron chi connectivity index (χ4n) is 7.11. The molecule has 0 aromatic heterocycles. The Morgan fingerprint density at radius 3 is 2.35 bits per heavy atom. The Bertz CT molecular complexity index is 1330. The zero-order valence-corrected chi connectivity index (χ0v) is 26.2. The second-order valence-corrected chi connectivity index (χ2v) is 13.7. The van der Waals surface area contributed by atoms with Crippen molar-refractivity contribution in [3.8, 4) is 0 Å². The Morgan fingerprint density at radius 2 is 1.72 bits per heavy atom. The van der Waals surface area contributed by atoms with E-state index in [1.165, 1.54) is 31.3 Å². The number of hydrogen-bond donors (Lipinski definition) is 0. The molecule has 3 aliphatic rings. The van der Waals surface area contributed by atoms with Crippen LogP contribution in [-0.4, -0.2) is 21.9 Å². The Kier molecular flexibility index (Phi) is 10.1. The van der Waals surface area contributed by atoms with Crippen molar-refractivity contribution in [3.63, 3.8) is 0 Å². The van der Waals surface area contributed by atoms with E-state index in [1.54, 1.807) is 0 Å². The predicted octanol–water partition coefficient (Wildman–Crippen LogP) is 9.32. The minimum absolute atomic E-state index is 0.196. The monoisotopic (exact) mass is 590 g/mol. The van der Waals surface area contributed by atoms with Gasteiger partial charge in [0.25, 0.3) is 11.4 Å². The van der Waals surface area contributed by atoms with Crippen molar-refractivity contribution in [2.45, 2.75) is 92.1 Å². The van der Waals surface area contributed by atoms with Crippen LogP contribution in [0.1, 0.15) is 96.3 Å². The van der Waals surface area contributed by atoms with Gasteiger partial charge >= 0.3 is 5.97 Å². The minimum Gasteiger partial charge on any atom is -0.458 e. The highest BCUT2D eigenvalue weighted by atomic mass is 16.6. The molecule has 6 atom stereocenters. The number of allylic oxidation sites excluding steroid dienone is 6. The molecule has 0 amide bonds. The number of nitrogens with zero attached hydrogens (tertiary/aromatic N) is 2. The van der Waals surface area contributed by atoms with E-state index < -0.39 is 33.3 Å². The molecule has 1 aromatic rings. The highest BCUT2D eigenvalue weighted by Crippen LogP contribution is 2.58. The van der Waals surface area contributed by atoms with E-state index in [4.69, 9.17) is 4.74 Å². The van der Waals surface area contributed by atoms with E-state index in [0.717, 1.165) is 35.8 Å². The smallest absolute Gasteiger partial charge is 0.338 e. The van der Waals surface area contributed by atoms with Crippen molar-refractivity contribution in [2.75, 3.05) is 0 Å². The largest absolute Gasteiger partial charge is 0.458 e. The van der Waals surface area contributed by atoms with Crippen LogP contribution in [0.25, 0.3) is 0 Å². The molecule has 1 aromatic carbocycles. The number of hydrogen-bond acceptors (Lipinski definition) is 6. The van der Waals surface area contributed by atoms with Gasteiger partial charge in [0.15, 0.2) is 0 Å². The van der Waals surface area contributed by atoms with Gasteiger partial charge in [0.1, 0.15) is 6.10 Å². The topological polar surface area (TPSA) is 113 Å². The minimum atomic E-state index is -0.798. The molecule has 8 nitrogen and oxygen atoms in total. The quantitative estimate of drug-likeness (QED) is 0.123. The molecule has 232 valence electrons. The van der Waals surface area contributed by atoms with Crippen LogP contribution in [0.15, 0.2) is 65.8 Å². The van der Waals surface area contributed by atoms with Crippen LogP contribution in [0.5, 0.6) is 0 Å². The second-order valence-electron chi connectivity index (χ2n) is 13.7. The highest BCUT2D eigenvalue weighted by molar-refractivity contribution is 5.91. The van der Waals surface area contributed by atoms with E-state index in [9.17, 15) is 25.0 Å². The number of ether oxygens (including phenoxy) is 1. The highest BCUT2D eigenvalue weighted by Gasteiger charge is 2.47. The maximum Gasteiger partial charge on any atom is 0.338 e. The number of carbonyl (C=O) groups excluding carboxylic acids is 1. The fraction of sp³-hybridized carbons (Fsp3) is 0.571. The summed E-state index contributed by atoms with van der Waals surface area (Å²) >= 11 is 0. The van der Waals surface area contributed by atoms with Crippen molar-refractivity contribution in [2.24, 2.45) is 35.0 Å². The molecule has 3 aliphatic carbocycles. The molecular formula is C35H46N2O6. The molecular weight excluding hydrogens is 544 g/mol. The average Bonchev–Trinajstić information content (AvgIpc) is 3.33. The lowest BCUT2D eigenvalue weighted by molar-refractivity contribution is -0.394. The Hall–Kier alpha value is -3.55. The van der Waals surface area contributed by atoms with E-state index in [0.29, 0.717) is 54.3 Å². The summed E-state index contributed by atoms with van der Waals surface area (Å²) in [7, 11) is 0. The predicted molar refractivity (Wildman–Crippen MR) is 169 cm³/mol. The van der Waals surface area contributed by atoms with Crippen LogP contribution in [-0.2, 0) is 4.74 Å². The molecule has 4 rings (SSSR count). The Labute approximate surface area is 255 Å². The summed E-state index contributed by atoms with van der Waals surface area (Å²) in [5.74, 6) is 2.24. The summed E-state index contributed by atoms with van der Waals surface area (Å²) in [5, 5.41) is 22.5. The van der Waals surface area contributed by atoms with Gasteiger partial charge in [-0.25, -0.2) is 4.79 Å². The van der Waals surface area contributed by atoms with Gasteiger partial charge in [0.05, 0.1) is 21.5 Å². The van der Waals surface area contributed by atoms with Crippen LogP contribution in [0.2, 0.25) is 0 Å². The zero-order valence-electron chi connectivity index (χ0n) is 26.2. The summed E-state index contributed by atoms with van der Waals surface area (Å²) in [6, 6.07) is 2.88. The van der Waals surface area contributed by atoms with E-state index >= 15 is 0 Å². The summed E-state index contributed by atoms with van der Waals surface area (Å²) in [4.78, 5) is 33.9. The molecule has 3 saturated carbocycles. The number of carbonyl (C=O) groups is 1. The molecule has 0 spiro atoms. The SMILES string of the molecule is C=C1CC[C@@H](OC(=O)c2cc([N+](=O)[O-])cc([N+](=O)[O-])c2)C/C1=C/C=C1/CCC[C@]2(C)C[C@H]([C@H](C)/C=C/[C@H](C)C(C)C)C[C@H]12. The molecule has 0 aliphatic heterocycles. The van der Waals surface area contributed by atoms with Crippen LogP contribution >= 0.6 is 0 Å². The number of nitro benzene ring substituents is 2. The molecule has 8 heteroatoms. The molecule has 0 heterocycles. The van der Waals surface area contributed by atoms with Crippen LogP contribution in [0.4, 0.5) is 11.4 Å². The molecule has 0 N–H and O–H groups in total. The van der Waals surface area contributed by atoms with E-state index in [2.05, 4.69) is 65.5 Å². The normalized spacial score (nSPS) is 29.2. The Morgan fingerprint density at radius 1 is 1.05 bits per heavy atom. The molecule has 3 fully saturated rings. The molecule has 43 heavy (non-hydrogen) atoms. The summed E-state index contributed by atoms with van der Waals surface area (Å²) in [6.45, 7) is 15.9. The van der Waals surface area contributed by atoms with Crippen LogP contribution in [0, 0.1) is 55.2 Å². The third-order valence-electron chi connectivity index (χ3n) is 10.3. The van der Waals surface area contributed by atoms with E-state index in [-0.39, 0.29) is 5.56 Å². The van der Waals surface area contributed by atoms with Gasteiger partial charge in [-0.05, 0) is 85.5 Å². The summed E-state index contributed by atoms with van der Waals surface area (Å²) < 4.78 is 5.70. The lowest BCUT2D eigenvalue weighted by Gasteiger charge is -2.38. The summed E-state index contributed by atoms with van der Waals surface area (Å²) in [5.41, 5.74) is 2.66. The van der Waals surface area contributed by atoms with Crippen molar-refractivity contribution >= 4 is 17.3 Å². The van der Waals surface area contributed by atoms with Gasteiger partial charge in [-0.15, -0.1) is 0 Å². The first-order chi connectivity index (χ1) is 20.3. The lowest BCUT2D eigenvalue weighted by Crippen LogP contribution is -2.27. The van der Waals surface area contributed by atoms with Gasteiger partial charge in [-0.3, -0.25) is 20.2 Å². The Balaban J connectivity index is 1.46. The number of benzene rings is 1. The van der Waals surface area contributed by atoms with Crippen LogP contribution < -0.4 is 0 Å². The van der Waals surface area contributed by atoms with E-state index in [1.807, 2.05) is 0 Å². The zero-order chi connectivity index (χ0) is 31.5. The maximum absolute atomic E-state index is 12.9. The second kappa shape index (κ2) is 13.4. The third kappa shape index (κ3) is 7.70. The third-order valence-corrected chi connectivity index (χ3v) is 10.3. The van der Waals surface area contributed by atoms with Gasteiger partial charge < -0.3 is 4.74 Å². The molecule has 0 radical (unpaired) electrons.